The molecule has 0 radical (unpaired) electrons. The van der Waals surface area contributed by atoms with Crippen LogP contribution in [0.15, 0.2) is 22.1 Å². The Morgan fingerprint density at radius 2 is 1.61 bits per heavy atom. The number of aliphatic carboxylic acids is 2. The number of hydrogen-bond acceptors (Lipinski definition) is 24. The van der Waals surface area contributed by atoms with Crippen LogP contribution in [0.2, 0.25) is 0 Å². The van der Waals surface area contributed by atoms with Crippen molar-refractivity contribution in [3.05, 3.63) is 22.7 Å². The summed E-state index contributed by atoms with van der Waals surface area (Å²) in [5.41, 5.74) is 4.43. The normalized spacial score (nSPS) is 35.7. The second-order valence-corrected chi connectivity index (χ2v) is 15.6. The number of nitrogen functional groups attached to an aromatic ring is 1. The Hall–Kier alpha value is -2.85. The van der Waals surface area contributed by atoms with E-state index in [1.54, 1.807) is 0 Å². The van der Waals surface area contributed by atoms with E-state index in [1.807, 2.05) is 0 Å². The fourth-order valence-corrected chi connectivity index (χ4v) is 7.80. The van der Waals surface area contributed by atoms with Gasteiger partial charge in [-0.15, -0.1) is 0 Å². The molecule has 346 valence electrons. The maximum Gasteiger partial charge on any atom is 1.00 e. The molecule has 1 unspecified atom stereocenters. The van der Waals surface area contributed by atoms with E-state index in [0.717, 1.165) is 30.7 Å². The maximum atomic E-state index is 13.3. The topological polar surface area (TPSA) is 475 Å². The summed E-state index contributed by atoms with van der Waals surface area (Å²) in [4.78, 5) is 67.7. The molecule has 0 saturated carbocycles. The summed E-state index contributed by atoms with van der Waals surface area (Å²) in [5, 5.41) is 130. The molecule has 17 atom stereocenters. The van der Waals surface area contributed by atoms with E-state index in [2.05, 4.69) is 15.3 Å². The number of ether oxygens (including phenoxy) is 4. The molecule has 3 aliphatic heterocycles. The summed E-state index contributed by atoms with van der Waals surface area (Å²) < 4.78 is 45.5. The molecule has 29 nitrogen and oxygen atoms in total. The number of carboxylic acid groups (broad SMARTS) is 2. The Labute approximate surface area is 370 Å². The number of aliphatic imine (C=N–C) groups is 1. The molecule has 31 heteroatoms. The van der Waals surface area contributed by atoms with Crippen LogP contribution >= 0.6 is 7.82 Å². The van der Waals surface area contributed by atoms with Crippen molar-refractivity contribution >= 4 is 37.4 Å². The first-order valence-corrected chi connectivity index (χ1v) is 19.5. The van der Waals surface area contributed by atoms with Crippen molar-refractivity contribution in [2.75, 3.05) is 25.6 Å². The number of aromatic nitrogens is 2. The van der Waals surface area contributed by atoms with Gasteiger partial charge in [0, 0.05) is 26.0 Å². The van der Waals surface area contributed by atoms with Crippen LogP contribution in [0, 0.1) is 0 Å². The van der Waals surface area contributed by atoms with E-state index < -0.39 is 167 Å². The number of nitrogens with one attached hydrogen (secondary N) is 1. The zero-order valence-corrected chi connectivity index (χ0v) is 35.8. The van der Waals surface area contributed by atoms with Crippen molar-refractivity contribution in [1.29, 1.82) is 0 Å². The van der Waals surface area contributed by atoms with Gasteiger partial charge < -0.3 is 96.2 Å². The molecule has 0 bridgehead atoms. The molecule has 0 spiro atoms. The van der Waals surface area contributed by atoms with Crippen LogP contribution in [-0.4, -0.2) is 205 Å². The zero-order valence-electron chi connectivity index (χ0n) is 32.9. The molecule has 3 aliphatic rings. The summed E-state index contributed by atoms with van der Waals surface area (Å²) in [7, 11) is -5.81. The molecular weight excluding hydrogens is 880 g/mol. The van der Waals surface area contributed by atoms with E-state index in [1.165, 1.54) is 0 Å². The third kappa shape index (κ3) is 11.9. The molecule has 1 amide bonds. The van der Waals surface area contributed by atoms with Crippen LogP contribution < -0.4 is 51.4 Å². The van der Waals surface area contributed by atoms with Gasteiger partial charge in [0.1, 0.15) is 66.8 Å². The zero-order chi connectivity index (χ0) is 45.9. The third-order valence-electron chi connectivity index (χ3n) is 9.75. The number of carboxylic acids is 2. The first-order valence-electron chi connectivity index (χ1n) is 18.0. The molecule has 3 saturated heterocycles. The van der Waals surface area contributed by atoms with Gasteiger partial charge in [-0.3, -0.25) is 18.9 Å². The molecule has 1 aromatic rings. The SMILES string of the molecule is CC(=O)N[C@H]1[C@H]([C@H](O)[C@@H](CO)O[C@]2(C(=O)O)C[C@H](O)[C@@H](N=C(C)[O-])[C@H]([C@H](O)[C@H](O)CO)O2)O[C@](OP(=O)(O)OC[C@H]2O[C@@H](n3ccc(N)nc3=O)[C@H](O)[C@@H]2O)(C(=O)O)C[C@@H]1O.[Na+]. The van der Waals surface area contributed by atoms with Crippen molar-refractivity contribution in [3.63, 3.8) is 0 Å². The average molecular weight is 928 g/mol. The number of amides is 1. The first kappa shape index (κ1) is 53.5. The van der Waals surface area contributed by atoms with Crippen LogP contribution in [0.3, 0.4) is 0 Å². The Morgan fingerprint density at radius 3 is 2.15 bits per heavy atom. The predicted octanol–water partition coefficient (Wildman–Crippen LogP) is -11.5. The van der Waals surface area contributed by atoms with Crippen LogP contribution in [0.4, 0.5) is 5.82 Å². The van der Waals surface area contributed by atoms with E-state index >= 15 is 0 Å². The quantitative estimate of drug-likeness (QED) is 0.0281. The van der Waals surface area contributed by atoms with Gasteiger partial charge in [-0.25, -0.2) is 23.5 Å². The number of phosphoric ester groups is 1. The minimum atomic E-state index is -5.81. The van der Waals surface area contributed by atoms with Gasteiger partial charge >= 0.3 is 55.0 Å². The van der Waals surface area contributed by atoms with Gasteiger partial charge in [0.05, 0.1) is 38.1 Å². The molecule has 1 aromatic heterocycles. The van der Waals surface area contributed by atoms with Gasteiger partial charge in [0.25, 0.3) is 11.6 Å². The van der Waals surface area contributed by atoms with Crippen LogP contribution in [-0.2, 0) is 46.9 Å². The fourth-order valence-electron chi connectivity index (χ4n) is 6.85. The molecular formula is C31H47N5NaO24P. The number of phosphoric acid groups is 1. The van der Waals surface area contributed by atoms with Gasteiger partial charge in [-0.05, 0) is 18.9 Å². The Kier molecular flexibility index (Phi) is 18.5. The second-order valence-electron chi connectivity index (χ2n) is 14.2. The molecule has 62 heavy (non-hydrogen) atoms. The van der Waals surface area contributed by atoms with Gasteiger partial charge in [0.15, 0.2) is 6.23 Å². The minimum absolute atomic E-state index is 0. The molecule has 15 N–H and O–H groups in total. The Balaban J connectivity index is 0.0000102. The van der Waals surface area contributed by atoms with Crippen molar-refractivity contribution in [1.82, 2.24) is 14.9 Å². The van der Waals surface area contributed by atoms with Crippen LogP contribution in [0.5, 0.6) is 0 Å². The molecule has 0 aliphatic carbocycles. The standard InChI is InChI=1S/C31H48N5O24P.Na/c1-10(39)33-18-12(41)5-30(27(48)49,58-24(18)20(44)14(43)7-37)57-15(8-38)22(46)25-19(34-11(2)40)13(42)6-31(59-25,28(50)51)60-61(53,54)55-9-16-21(45)23(47)26(56-16)36-4-3-17(32)35-29(36)52;/h3-4,12-16,18-26,37-38,41-47H,5-9H2,1-2H3,(H,33,39)(H,34,40)(H,48,49)(H,50,51)(H,53,54)(H2,32,35,52);/q;+1/p-1/t12-,13-,14+,15+,16+,18+,19+,20+,21+,22+,23+,24+,25+,26+,30+,31+;/m0./s1. The van der Waals surface area contributed by atoms with E-state index in [9.17, 15) is 89.9 Å². The van der Waals surface area contributed by atoms with Gasteiger partial charge in [-0.1, -0.05) is 0 Å². The number of rotatable bonds is 18. The van der Waals surface area contributed by atoms with Crippen molar-refractivity contribution in [3.8, 4) is 0 Å². The number of aliphatic hydroxyl groups is 9. The fraction of sp³-hybridized carbons (Fsp3) is 0.742. The minimum Gasteiger partial charge on any atom is -0.862 e. The summed E-state index contributed by atoms with van der Waals surface area (Å²) >= 11 is 0. The smallest absolute Gasteiger partial charge is 0.862 e. The van der Waals surface area contributed by atoms with Crippen LogP contribution in [0.25, 0.3) is 0 Å². The number of carbonyl (C=O) groups is 3. The van der Waals surface area contributed by atoms with E-state index in [0.29, 0.717) is 0 Å². The summed E-state index contributed by atoms with van der Waals surface area (Å²) in [5.74, 6) is -13.3. The number of nitrogens with two attached hydrogens (primary N) is 1. The van der Waals surface area contributed by atoms with Crippen molar-refractivity contribution in [2.45, 2.75) is 124 Å². The van der Waals surface area contributed by atoms with Crippen molar-refractivity contribution < 1.29 is 143 Å². The molecule has 4 heterocycles. The molecule has 4 rings (SSSR count). The number of nitrogens with zero attached hydrogens (tertiary/aromatic N) is 3. The largest absolute Gasteiger partial charge is 1.00 e. The summed E-state index contributed by atoms with van der Waals surface area (Å²) in [6.45, 7) is -1.95. The van der Waals surface area contributed by atoms with E-state index in [-0.39, 0.29) is 35.4 Å². The maximum absolute atomic E-state index is 13.3. The van der Waals surface area contributed by atoms with Gasteiger partial charge in [0.2, 0.25) is 5.91 Å². The number of anilines is 1. The predicted molar refractivity (Wildman–Crippen MR) is 189 cm³/mol. The van der Waals surface area contributed by atoms with E-state index in [4.69, 9.17) is 33.7 Å². The van der Waals surface area contributed by atoms with Crippen molar-refractivity contribution in [2.24, 2.45) is 4.99 Å². The summed E-state index contributed by atoms with van der Waals surface area (Å²) in [6.07, 6.45) is -26.8. The molecule has 3 fully saturated rings. The number of carbonyl (C=O) groups excluding carboxylic acids is 1. The molecule has 0 aromatic carbocycles. The van der Waals surface area contributed by atoms with Crippen LogP contribution in [0.1, 0.15) is 32.9 Å². The number of hydrogen-bond donors (Lipinski definition) is 14. The second kappa shape index (κ2) is 21.4. The average Bonchev–Trinajstić information content (AvgIpc) is 3.45. The van der Waals surface area contributed by atoms with Gasteiger partial charge in [-0.2, -0.15) is 4.98 Å². The number of aliphatic hydroxyl groups excluding tert-OH is 9. The Bertz CT molecular complexity index is 1880. The monoisotopic (exact) mass is 927 g/mol. The first-order chi connectivity index (χ1) is 28.3. The third-order valence-corrected chi connectivity index (χ3v) is 10.7. The summed E-state index contributed by atoms with van der Waals surface area (Å²) in [6, 6.07) is -2.56. The Morgan fingerprint density at radius 1 is 1.02 bits per heavy atom.